The van der Waals surface area contributed by atoms with Crippen LogP contribution < -0.4 is 21.7 Å². The first kappa shape index (κ1) is 18.8. The third kappa shape index (κ3) is 6.10. The zero-order valence-corrected chi connectivity index (χ0v) is 14.5. The summed E-state index contributed by atoms with van der Waals surface area (Å²) in [6, 6.07) is 6.60. The van der Waals surface area contributed by atoms with Crippen molar-refractivity contribution in [2.45, 2.75) is 45.1 Å². The Labute approximate surface area is 147 Å². The Kier molecular flexibility index (Phi) is 6.80. The molecular weight excluding hydrogens is 320 g/mol. The molecule has 0 radical (unpaired) electrons. The molecule has 2 unspecified atom stereocenters. The van der Waals surface area contributed by atoms with Gasteiger partial charge >= 0.3 is 6.03 Å². The first-order valence-electron chi connectivity index (χ1n) is 8.70. The summed E-state index contributed by atoms with van der Waals surface area (Å²) in [6.07, 6.45) is 4.57. The van der Waals surface area contributed by atoms with Crippen LogP contribution in [0.4, 0.5) is 10.5 Å². The quantitative estimate of drug-likeness (QED) is 0.631. The molecule has 0 aliphatic heterocycles. The van der Waals surface area contributed by atoms with Crippen LogP contribution in [0.2, 0.25) is 0 Å². The molecule has 7 heteroatoms. The Morgan fingerprint density at radius 3 is 2.68 bits per heavy atom. The zero-order chi connectivity index (χ0) is 18.2. The molecule has 7 nitrogen and oxygen atoms in total. The van der Waals surface area contributed by atoms with Crippen molar-refractivity contribution < 1.29 is 14.4 Å². The van der Waals surface area contributed by atoms with Crippen molar-refractivity contribution in [3.63, 3.8) is 0 Å². The predicted molar refractivity (Wildman–Crippen MR) is 96.2 cm³/mol. The number of nitrogens with one attached hydrogen (secondary N) is 3. The van der Waals surface area contributed by atoms with Crippen molar-refractivity contribution in [1.29, 1.82) is 0 Å². The van der Waals surface area contributed by atoms with Gasteiger partial charge in [0.15, 0.2) is 0 Å². The van der Waals surface area contributed by atoms with E-state index in [4.69, 9.17) is 5.73 Å². The number of primary amides is 1. The Morgan fingerprint density at radius 2 is 1.96 bits per heavy atom. The van der Waals surface area contributed by atoms with Gasteiger partial charge in [-0.25, -0.2) is 4.79 Å². The number of carbonyl (C=O) groups is 3. The average molecular weight is 346 g/mol. The maximum absolute atomic E-state index is 12.2. The van der Waals surface area contributed by atoms with Crippen LogP contribution in [-0.4, -0.2) is 30.4 Å². The number of hydrogen-bond donors (Lipinski definition) is 4. The molecule has 5 N–H and O–H groups in total. The molecule has 1 aromatic rings. The summed E-state index contributed by atoms with van der Waals surface area (Å²) in [7, 11) is 0. The van der Waals surface area contributed by atoms with E-state index in [2.05, 4.69) is 22.9 Å². The number of urea groups is 1. The van der Waals surface area contributed by atoms with Crippen LogP contribution >= 0.6 is 0 Å². The van der Waals surface area contributed by atoms with Crippen LogP contribution in [0.5, 0.6) is 0 Å². The summed E-state index contributed by atoms with van der Waals surface area (Å²) < 4.78 is 0. The minimum Gasteiger partial charge on any atom is -0.370 e. The molecule has 0 bridgehead atoms. The summed E-state index contributed by atoms with van der Waals surface area (Å²) in [5.74, 6) is -0.308. The minimum absolute atomic E-state index is 0.0889. The molecule has 0 heterocycles. The van der Waals surface area contributed by atoms with Gasteiger partial charge in [-0.15, -0.1) is 0 Å². The molecule has 1 aliphatic carbocycles. The van der Waals surface area contributed by atoms with E-state index in [1.807, 2.05) is 0 Å². The fourth-order valence-corrected chi connectivity index (χ4v) is 3.01. The lowest BCUT2D eigenvalue weighted by Gasteiger charge is -2.29. The summed E-state index contributed by atoms with van der Waals surface area (Å²) in [5.41, 5.74) is 5.99. The lowest BCUT2D eigenvalue weighted by molar-refractivity contribution is -0.117. The van der Waals surface area contributed by atoms with Crippen LogP contribution in [-0.2, 0) is 4.79 Å². The van der Waals surface area contributed by atoms with E-state index in [0.29, 0.717) is 17.2 Å². The number of benzene rings is 1. The van der Waals surface area contributed by atoms with Crippen molar-refractivity contribution in [3.05, 3.63) is 29.8 Å². The van der Waals surface area contributed by atoms with Crippen molar-refractivity contribution in [1.82, 2.24) is 10.6 Å². The number of nitrogens with two attached hydrogens (primary N) is 1. The van der Waals surface area contributed by atoms with E-state index in [1.165, 1.54) is 6.42 Å². The second kappa shape index (κ2) is 9.05. The van der Waals surface area contributed by atoms with Gasteiger partial charge in [-0.2, -0.15) is 0 Å². The molecule has 1 aromatic carbocycles. The lowest BCUT2D eigenvalue weighted by Crippen LogP contribution is -2.43. The van der Waals surface area contributed by atoms with Crippen molar-refractivity contribution in [2.24, 2.45) is 11.7 Å². The van der Waals surface area contributed by atoms with Gasteiger partial charge in [0.1, 0.15) is 0 Å². The number of carbonyl (C=O) groups excluding carboxylic acids is 3. The summed E-state index contributed by atoms with van der Waals surface area (Å²) in [4.78, 5) is 34.9. The standard InChI is InChI=1S/C18H26N4O3/c1-12-5-2-3-8-15(12)22-18(25)21-14-7-4-6-13(11-14)17(24)20-10-9-16(19)23/h4,6-7,11-12,15H,2-3,5,8-10H2,1H3,(H2,19,23)(H,20,24)(H2,21,22,25). The SMILES string of the molecule is CC1CCCCC1NC(=O)Nc1cccc(C(=O)NCCC(N)=O)c1. The molecule has 136 valence electrons. The number of amides is 4. The van der Waals surface area contributed by atoms with Gasteiger partial charge in [-0.1, -0.05) is 25.8 Å². The largest absolute Gasteiger partial charge is 0.370 e. The summed E-state index contributed by atoms with van der Waals surface area (Å²) >= 11 is 0. The Bertz CT molecular complexity index is 633. The molecule has 1 aliphatic rings. The third-order valence-corrected chi connectivity index (χ3v) is 4.47. The predicted octanol–water partition coefficient (Wildman–Crippen LogP) is 1.99. The van der Waals surface area contributed by atoms with Crippen LogP contribution in [0.15, 0.2) is 24.3 Å². The molecular formula is C18H26N4O3. The zero-order valence-electron chi connectivity index (χ0n) is 14.5. The van der Waals surface area contributed by atoms with Gasteiger partial charge in [-0.3, -0.25) is 9.59 Å². The van der Waals surface area contributed by atoms with Crippen LogP contribution in [0, 0.1) is 5.92 Å². The summed E-state index contributed by atoms with van der Waals surface area (Å²) in [5, 5.41) is 8.40. The van der Waals surface area contributed by atoms with E-state index in [0.717, 1.165) is 19.3 Å². The monoisotopic (exact) mass is 346 g/mol. The number of rotatable bonds is 6. The Hall–Kier alpha value is -2.57. The van der Waals surface area contributed by atoms with Gasteiger partial charge in [0.05, 0.1) is 0 Å². The fraction of sp³-hybridized carbons (Fsp3) is 0.500. The second-order valence-electron chi connectivity index (χ2n) is 6.52. The molecule has 1 saturated carbocycles. The van der Waals surface area contributed by atoms with Crippen LogP contribution in [0.25, 0.3) is 0 Å². The molecule has 0 spiro atoms. The lowest BCUT2D eigenvalue weighted by atomic mass is 9.86. The van der Waals surface area contributed by atoms with Gasteiger partial charge in [-0.05, 0) is 37.0 Å². The second-order valence-corrected chi connectivity index (χ2v) is 6.52. The topological polar surface area (TPSA) is 113 Å². The molecule has 1 fully saturated rings. The van der Waals surface area contributed by atoms with E-state index in [1.54, 1.807) is 24.3 Å². The van der Waals surface area contributed by atoms with Crippen LogP contribution in [0.3, 0.4) is 0 Å². The molecule has 0 saturated heterocycles. The number of anilines is 1. The third-order valence-electron chi connectivity index (χ3n) is 4.47. The highest BCUT2D eigenvalue weighted by Gasteiger charge is 2.22. The molecule has 4 amide bonds. The number of hydrogen-bond acceptors (Lipinski definition) is 3. The van der Waals surface area contributed by atoms with E-state index in [9.17, 15) is 14.4 Å². The highest BCUT2D eigenvalue weighted by Crippen LogP contribution is 2.23. The molecule has 2 atom stereocenters. The highest BCUT2D eigenvalue weighted by atomic mass is 16.2. The van der Waals surface area contributed by atoms with E-state index >= 15 is 0 Å². The maximum atomic E-state index is 12.2. The molecule has 25 heavy (non-hydrogen) atoms. The first-order chi connectivity index (χ1) is 12.0. The van der Waals surface area contributed by atoms with Crippen LogP contribution in [0.1, 0.15) is 49.4 Å². The van der Waals surface area contributed by atoms with Crippen molar-refractivity contribution in [2.75, 3.05) is 11.9 Å². The Balaban J connectivity index is 1.88. The van der Waals surface area contributed by atoms with Gasteiger partial charge < -0.3 is 21.7 Å². The Morgan fingerprint density at radius 1 is 1.20 bits per heavy atom. The van der Waals surface area contributed by atoms with E-state index < -0.39 is 5.91 Å². The molecule has 2 rings (SSSR count). The molecule has 0 aromatic heterocycles. The van der Waals surface area contributed by atoms with Gasteiger partial charge in [0.2, 0.25) is 5.91 Å². The van der Waals surface area contributed by atoms with Crippen molar-refractivity contribution >= 4 is 23.5 Å². The van der Waals surface area contributed by atoms with Crippen molar-refractivity contribution in [3.8, 4) is 0 Å². The average Bonchev–Trinajstić information content (AvgIpc) is 2.56. The highest BCUT2D eigenvalue weighted by molar-refractivity contribution is 5.97. The fourth-order valence-electron chi connectivity index (χ4n) is 3.01. The smallest absolute Gasteiger partial charge is 0.319 e. The summed E-state index contributed by atoms with van der Waals surface area (Å²) in [6.45, 7) is 2.34. The normalized spacial score (nSPS) is 19.7. The maximum Gasteiger partial charge on any atom is 0.319 e. The van der Waals surface area contributed by atoms with Gasteiger partial charge in [0.25, 0.3) is 5.91 Å². The first-order valence-corrected chi connectivity index (χ1v) is 8.70. The minimum atomic E-state index is -0.468. The van der Waals surface area contributed by atoms with E-state index in [-0.39, 0.29) is 30.9 Å². The van der Waals surface area contributed by atoms with Gasteiger partial charge in [0, 0.05) is 30.3 Å².